The second-order valence-corrected chi connectivity index (χ2v) is 8.55. The molecule has 1 aliphatic heterocycles. The molecular formula is C29H27N3O5. The minimum atomic E-state index is -0.983. The molecule has 1 unspecified atom stereocenters. The molecule has 3 aromatic carbocycles. The summed E-state index contributed by atoms with van der Waals surface area (Å²) in [6.45, 7) is 0.632. The Morgan fingerprint density at radius 2 is 1.78 bits per heavy atom. The van der Waals surface area contributed by atoms with E-state index in [2.05, 4.69) is 22.5 Å². The van der Waals surface area contributed by atoms with Crippen LogP contribution in [0.2, 0.25) is 0 Å². The van der Waals surface area contributed by atoms with Crippen LogP contribution < -0.4 is 15.4 Å². The van der Waals surface area contributed by atoms with Crippen LogP contribution in [0.5, 0.6) is 5.75 Å². The van der Waals surface area contributed by atoms with Crippen LogP contribution in [0.4, 0.5) is 16.2 Å². The maximum absolute atomic E-state index is 13.1. The molecular weight excluding hydrogens is 470 g/mol. The van der Waals surface area contributed by atoms with Gasteiger partial charge in [0.2, 0.25) is 5.91 Å². The SMILES string of the molecule is COc1cc(CC(=O)N2CCCC2C#Cc2ccc(C(=O)O)cc2)ccc1NC(=O)Nc1ccccc1. The van der Waals surface area contributed by atoms with Gasteiger partial charge in [-0.05, 0) is 66.9 Å². The van der Waals surface area contributed by atoms with Crippen molar-refractivity contribution in [2.24, 2.45) is 0 Å². The number of hydrogen-bond donors (Lipinski definition) is 3. The number of nitrogens with zero attached hydrogens (tertiary/aromatic N) is 1. The average Bonchev–Trinajstić information content (AvgIpc) is 3.38. The quantitative estimate of drug-likeness (QED) is 0.431. The van der Waals surface area contributed by atoms with Crippen LogP contribution in [-0.4, -0.2) is 47.6 Å². The van der Waals surface area contributed by atoms with Crippen LogP contribution in [0.1, 0.15) is 34.3 Å². The fourth-order valence-electron chi connectivity index (χ4n) is 4.11. The van der Waals surface area contributed by atoms with E-state index < -0.39 is 12.0 Å². The molecule has 0 aliphatic carbocycles. The van der Waals surface area contributed by atoms with Gasteiger partial charge in [-0.25, -0.2) is 9.59 Å². The number of carboxylic acid groups (broad SMARTS) is 1. The van der Waals surface area contributed by atoms with E-state index in [1.165, 1.54) is 19.2 Å². The number of nitrogens with one attached hydrogen (secondary N) is 2. The van der Waals surface area contributed by atoms with Gasteiger partial charge in [0.25, 0.3) is 0 Å². The number of ether oxygens (including phenoxy) is 1. The summed E-state index contributed by atoms with van der Waals surface area (Å²) in [5, 5.41) is 14.6. The largest absolute Gasteiger partial charge is 0.495 e. The van der Waals surface area contributed by atoms with E-state index >= 15 is 0 Å². The van der Waals surface area contributed by atoms with Crippen LogP contribution in [0.25, 0.3) is 0 Å². The van der Waals surface area contributed by atoms with E-state index in [0.29, 0.717) is 29.2 Å². The van der Waals surface area contributed by atoms with Crippen LogP contribution in [0.3, 0.4) is 0 Å². The Hall–Kier alpha value is -4.77. The van der Waals surface area contributed by atoms with E-state index in [1.807, 2.05) is 18.2 Å². The number of hydrogen-bond acceptors (Lipinski definition) is 4. The normalized spacial score (nSPS) is 14.3. The third-order valence-corrected chi connectivity index (χ3v) is 5.99. The number of likely N-dealkylation sites (tertiary alicyclic amines) is 1. The summed E-state index contributed by atoms with van der Waals surface area (Å²) in [7, 11) is 1.51. The van der Waals surface area contributed by atoms with Crippen molar-refractivity contribution in [2.75, 3.05) is 24.3 Å². The second-order valence-electron chi connectivity index (χ2n) is 8.55. The lowest BCUT2D eigenvalue weighted by atomic mass is 10.1. The van der Waals surface area contributed by atoms with Crippen molar-refractivity contribution in [3.8, 4) is 17.6 Å². The van der Waals surface area contributed by atoms with E-state index in [0.717, 1.165) is 18.4 Å². The molecule has 3 amide bonds. The average molecular weight is 498 g/mol. The van der Waals surface area contributed by atoms with Gasteiger partial charge in [-0.2, -0.15) is 0 Å². The summed E-state index contributed by atoms with van der Waals surface area (Å²) in [5.41, 5.74) is 2.83. The van der Waals surface area contributed by atoms with Crippen LogP contribution in [-0.2, 0) is 11.2 Å². The lowest BCUT2D eigenvalue weighted by Crippen LogP contribution is -2.35. The van der Waals surface area contributed by atoms with Gasteiger partial charge in [0.15, 0.2) is 0 Å². The van der Waals surface area contributed by atoms with Crippen molar-refractivity contribution in [3.05, 3.63) is 89.5 Å². The zero-order valence-corrected chi connectivity index (χ0v) is 20.4. The Morgan fingerprint density at radius 3 is 2.49 bits per heavy atom. The number of carbonyl (C=O) groups is 3. The Kier molecular flexibility index (Phi) is 8.06. The number of benzene rings is 3. The summed E-state index contributed by atoms with van der Waals surface area (Å²) in [5.74, 6) is 5.66. The van der Waals surface area contributed by atoms with Gasteiger partial charge in [-0.15, -0.1) is 0 Å². The van der Waals surface area contributed by atoms with Crippen LogP contribution >= 0.6 is 0 Å². The fourth-order valence-corrected chi connectivity index (χ4v) is 4.11. The predicted molar refractivity (Wildman–Crippen MR) is 141 cm³/mol. The van der Waals surface area contributed by atoms with Gasteiger partial charge < -0.3 is 25.4 Å². The van der Waals surface area contributed by atoms with Gasteiger partial charge in [0.05, 0.1) is 30.8 Å². The summed E-state index contributed by atoms with van der Waals surface area (Å²) in [6, 6.07) is 20.1. The molecule has 0 radical (unpaired) electrons. The first-order valence-corrected chi connectivity index (χ1v) is 11.9. The Labute approximate surface area is 215 Å². The molecule has 1 saturated heterocycles. The maximum Gasteiger partial charge on any atom is 0.335 e. The van der Waals surface area contributed by atoms with Crippen molar-refractivity contribution in [1.29, 1.82) is 0 Å². The van der Waals surface area contributed by atoms with Gasteiger partial charge in [-0.1, -0.05) is 36.1 Å². The first-order chi connectivity index (χ1) is 17.9. The first kappa shape index (κ1) is 25.3. The number of carbonyl (C=O) groups excluding carboxylic acids is 2. The first-order valence-electron chi connectivity index (χ1n) is 11.9. The molecule has 1 aliphatic rings. The molecule has 4 rings (SSSR count). The van der Waals surface area contributed by atoms with E-state index in [9.17, 15) is 14.4 Å². The van der Waals surface area contributed by atoms with Crippen molar-refractivity contribution in [2.45, 2.75) is 25.3 Å². The monoisotopic (exact) mass is 497 g/mol. The molecule has 1 fully saturated rings. The molecule has 0 aromatic heterocycles. The number of urea groups is 1. The third-order valence-electron chi connectivity index (χ3n) is 5.99. The number of aromatic carboxylic acids is 1. The molecule has 1 atom stereocenters. The highest BCUT2D eigenvalue weighted by molar-refractivity contribution is 6.00. The highest BCUT2D eigenvalue weighted by atomic mass is 16.5. The fraction of sp³-hybridized carbons (Fsp3) is 0.207. The molecule has 8 heteroatoms. The Balaban J connectivity index is 1.39. The molecule has 37 heavy (non-hydrogen) atoms. The standard InChI is InChI=1S/C29H27N3O5/c1-37-26-18-21(12-16-25(26)31-29(36)30-23-6-3-2-4-7-23)19-27(33)32-17-5-8-24(32)15-11-20-9-13-22(14-10-20)28(34)35/h2-4,6-7,9-10,12-14,16,18,24H,5,8,17,19H2,1H3,(H,34,35)(H2,30,31,36). The highest BCUT2D eigenvalue weighted by Crippen LogP contribution is 2.27. The molecule has 0 spiro atoms. The van der Waals surface area contributed by atoms with E-state index in [-0.39, 0.29) is 23.9 Å². The predicted octanol–water partition coefficient (Wildman–Crippen LogP) is 4.62. The summed E-state index contributed by atoms with van der Waals surface area (Å²) >= 11 is 0. The van der Waals surface area contributed by atoms with E-state index in [4.69, 9.17) is 9.84 Å². The van der Waals surface area contributed by atoms with Crippen molar-refractivity contribution in [3.63, 3.8) is 0 Å². The molecule has 1 heterocycles. The molecule has 188 valence electrons. The Bertz CT molecular complexity index is 1340. The van der Waals surface area contributed by atoms with Crippen LogP contribution in [0, 0.1) is 11.8 Å². The smallest absolute Gasteiger partial charge is 0.335 e. The third kappa shape index (κ3) is 6.67. The summed E-state index contributed by atoms with van der Waals surface area (Å²) in [6.07, 6.45) is 1.83. The van der Waals surface area contributed by atoms with Crippen molar-refractivity contribution in [1.82, 2.24) is 4.90 Å². The van der Waals surface area contributed by atoms with Crippen molar-refractivity contribution >= 4 is 29.3 Å². The number of rotatable bonds is 6. The zero-order chi connectivity index (χ0) is 26.2. The number of methoxy groups -OCH3 is 1. The maximum atomic E-state index is 13.1. The number of amides is 3. The minimum Gasteiger partial charge on any atom is -0.495 e. The molecule has 0 saturated carbocycles. The zero-order valence-electron chi connectivity index (χ0n) is 20.4. The van der Waals surface area contributed by atoms with Crippen molar-refractivity contribution < 1.29 is 24.2 Å². The second kappa shape index (κ2) is 11.8. The van der Waals surface area contributed by atoms with E-state index in [1.54, 1.807) is 47.4 Å². The molecule has 3 N–H and O–H groups in total. The van der Waals surface area contributed by atoms with Crippen LogP contribution in [0.15, 0.2) is 72.8 Å². The van der Waals surface area contributed by atoms with Gasteiger partial charge in [-0.3, -0.25) is 4.79 Å². The summed E-state index contributed by atoms with van der Waals surface area (Å²) < 4.78 is 5.45. The number of carboxylic acids is 1. The topological polar surface area (TPSA) is 108 Å². The van der Waals surface area contributed by atoms with Gasteiger partial charge >= 0.3 is 12.0 Å². The van der Waals surface area contributed by atoms with Gasteiger partial charge in [0.1, 0.15) is 5.75 Å². The Morgan fingerprint density at radius 1 is 1.03 bits per heavy atom. The summed E-state index contributed by atoms with van der Waals surface area (Å²) in [4.78, 5) is 38.2. The highest BCUT2D eigenvalue weighted by Gasteiger charge is 2.27. The lowest BCUT2D eigenvalue weighted by molar-refractivity contribution is -0.130. The molecule has 8 nitrogen and oxygen atoms in total. The molecule has 3 aromatic rings. The number of anilines is 2. The van der Waals surface area contributed by atoms with Gasteiger partial charge in [0, 0.05) is 17.8 Å². The lowest BCUT2D eigenvalue weighted by Gasteiger charge is -2.21. The molecule has 0 bridgehead atoms. The minimum absolute atomic E-state index is 0.0393. The number of para-hydroxylation sites is 1.